The van der Waals surface area contributed by atoms with Gasteiger partial charge in [0.25, 0.3) is 5.91 Å². The highest BCUT2D eigenvalue weighted by molar-refractivity contribution is 6.05. The molecule has 0 aliphatic heterocycles. The average Bonchev–Trinajstić information content (AvgIpc) is 3.16. The molecule has 0 saturated heterocycles. The molecule has 8 nitrogen and oxygen atoms in total. The van der Waals surface area contributed by atoms with E-state index in [-0.39, 0.29) is 17.5 Å². The Balaban J connectivity index is 1.77. The van der Waals surface area contributed by atoms with Gasteiger partial charge in [0.15, 0.2) is 11.5 Å². The fraction of sp³-hybridized carbons (Fsp3) is 0.211. The number of nitrogens with one attached hydrogen (secondary N) is 1. The number of carbonyl (C=O) groups is 1. The number of nitrogens with zero attached hydrogens (tertiary/aromatic N) is 2. The van der Waals surface area contributed by atoms with E-state index in [1.54, 1.807) is 30.3 Å². The summed E-state index contributed by atoms with van der Waals surface area (Å²) in [6.07, 6.45) is 0. The van der Waals surface area contributed by atoms with Crippen molar-refractivity contribution in [2.24, 2.45) is 0 Å². The molecule has 0 saturated carbocycles. The third kappa shape index (κ3) is 4.00. The van der Waals surface area contributed by atoms with Gasteiger partial charge in [-0.1, -0.05) is 11.2 Å². The van der Waals surface area contributed by atoms with E-state index >= 15 is 0 Å². The lowest BCUT2D eigenvalue weighted by atomic mass is 10.1. The van der Waals surface area contributed by atoms with Crippen molar-refractivity contribution in [3.05, 3.63) is 48.0 Å². The van der Waals surface area contributed by atoms with Crippen molar-refractivity contribution in [1.82, 2.24) is 10.2 Å². The monoisotopic (exact) mass is 369 g/mol. The molecule has 0 aliphatic carbocycles. The van der Waals surface area contributed by atoms with Gasteiger partial charge >= 0.3 is 6.01 Å². The summed E-state index contributed by atoms with van der Waals surface area (Å²) in [6, 6.07) is 12.2. The SMILES string of the molecule is CCOc1ccc(-c2nnc(NC(=O)c3cccc(OC)c3OC)o2)cc1. The lowest BCUT2D eigenvalue weighted by Gasteiger charge is -2.11. The van der Waals surface area contributed by atoms with Gasteiger partial charge < -0.3 is 18.6 Å². The third-order valence-corrected chi connectivity index (χ3v) is 3.71. The number of hydrogen-bond donors (Lipinski definition) is 1. The van der Waals surface area contributed by atoms with E-state index in [4.69, 9.17) is 18.6 Å². The number of rotatable bonds is 7. The Labute approximate surface area is 156 Å². The quantitative estimate of drug-likeness (QED) is 0.682. The Morgan fingerprint density at radius 2 is 1.85 bits per heavy atom. The Morgan fingerprint density at radius 3 is 2.52 bits per heavy atom. The Kier molecular flexibility index (Phi) is 5.55. The van der Waals surface area contributed by atoms with Crippen molar-refractivity contribution >= 4 is 11.9 Å². The van der Waals surface area contributed by atoms with Crippen LogP contribution in [0.25, 0.3) is 11.5 Å². The molecular formula is C19H19N3O5. The maximum Gasteiger partial charge on any atom is 0.322 e. The highest BCUT2D eigenvalue weighted by atomic mass is 16.5. The van der Waals surface area contributed by atoms with Crippen LogP contribution in [0, 0.1) is 0 Å². The van der Waals surface area contributed by atoms with Crippen molar-refractivity contribution in [3.63, 3.8) is 0 Å². The highest BCUT2D eigenvalue weighted by Crippen LogP contribution is 2.31. The second-order valence-electron chi connectivity index (χ2n) is 5.36. The summed E-state index contributed by atoms with van der Waals surface area (Å²) in [5.41, 5.74) is 1.00. The number of amides is 1. The number of anilines is 1. The minimum atomic E-state index is -0.451. The van der Waals surface area contributed by atoms with Crippen LogP contribution in [0.1, 0.15) is 17.3 Å². The fourth-order valence-corrected chi connectivity index (χ4v) is 2.48. The van der Waals surface area contributed by atoms with Crippen LogP contribution < -0.4 is 19.5 Å². The van der Waals surface area contributed by atoms with E-state index in [0.29, 0.717) is 23.7 Å². The Bertz CT molecular complexity index is 921. The van der Waals surface area contributed by atoms with Gasteiger partial charge in [0.05, 0.1) is 26.4 Å². The summed E-state index contributed by atoms with van der Waals surface area (Å²) in [6.45, 7) is 2.50. The van der Waals surface area contributed by atoms with Crippen LogP contribution in [0.3, 0.4) is 0 Å². The molecule has 8 heteroatoms. The lowest BCUT2D eigenvalue weighted by Crippen LogP contribution is -2.13. The zero-order valence-corrected chi connectivity index (χ0v) is 15.2. The molecular weight excluding hydrogens is 350 g/mol. The Morgan fingerprint density at radius 1 is 1.07 bits per heavy atom. The predicted molar refractivity (Wildman–Crippen MR) is 98.4 cm³/mol. The first-order valence-corrected chi connectivity index (χ1v) is 8.25. The van der Waals surface area contributed by atoms with Crippen LogP contribution in [0.5, 0.6) is 17.2 Å². The van der Waals surface area contributed by atoms with E-state index in [9.17, 15) is 4.79 Å². The first kappa shape index (κ1) is 18.2. The number of ether oxygens (including phenoxy) is 3. The van der Waals surface area contributed by atoms with Crippen LogP contribution in [0.15, 0.2) is 46.9 Å². The number of para-hydroxylation sites is 1. The minimum Gasteiger partial charge on any atom is -0.494 e. The molecule has 0 unspecified atom stereocenters. The predicted octanol–water partition coefficient (Wildman–Crippen LogP) is 3.40. The van der Waals surface area contributed by atoms with Crippen LogP contribution in [0.2, 0.25) is 0 Å². The summed E-state index contributed by atoms with van der Waals surface area (Å²) in [5, 5.41) is 10.4. The van der Waals surface area contributed by atoms with Crippen molar-refractivity contribution in [2.45, 2.75) is 6.92 Å². The first-order valence-electron chi connectivity index (χ1n) is 8.25. The average molecular weight is 369 g/mol. The van der Waals surface area contributed by atoms with Gasteiger partial charge in [0.2, 0.25) is 5.89 Å². The number of benzene rings is 2. The van der Waals surface area contributed by atoms with Gasteiger partial charge in [-0.05, 0) is 43.3 Å². The first-order chi connectivity index (χ1) is 13.2. The van der Waals surface area contributed by atoms with Gasteiger partial charge in [-0.2, -0.15) is 0 Å². The second-order valence-corrected chi connectivity index (χ2v) is 5.36. The normalized spacial score (nSPS) is 10.3. The summed E-state index contributed by atoms with van der Waals surface area (Å²) < 4.78 is 21.4. The molecule has 3 rings (SSSR count). The van der Waals surface area contributed by atoms with Gasteiger partial charge in [-0.15, -0.1) is 5.10 Å². The molecule has 0 spiro atoms. The second kappa shape index (κ2) is 8.22. The summed E-state index contributed by atoms with van der Waals surface area (Å²) >= 11 is 0. The van der Waals surface area contributed by atoms with Crippen LogP contribution in [-0.4, -0.2) is 36.9 Å². The zero-order chi connectivity index (χ0) is 19.2. The largest absolute Gasteiger partial charge is 0.494 e. The van der Waals surface area contributed by atoms with Crippen molar-refractivity contribution in [3.8, 4) is 28.7 Å². The number of carbonyl (C=O) groups excluding carboxylic acids is 1. The summed E-state index contributed by atoms with van der Waals surface area (Å²) in [7, 11) is 2.96. The molecule has 2 aromatic carbocycles. The summed E-state index contributed by atoms with van der Waals surface area (Å²) in [5.74, 6) is 1.35. The fourth-order valence-electron chi connectivity index (χ4n) is 2.48. The maximum atomic E-state index is 12.5. The van der Waals surface area contributed by atoms with Crippen molar-refractivity contribution in [1.29, 1.82) is 0 Å². The van der Waals surface area contributed by atoms with Crippen LogP contribution in [0.4, 0.5) is 6.01 Å². The smallest absolute Gasteiger partial charge is 0.322 e. The van der Waals surface area contributed by atoms with Crippen LogP contribution in [-0.2, 0) is 0 Å². The molecule has 140 valence electrons. The molecule has 1 N–H and O–H groups in total. The van der Waals surface area contributed by atoms with E-state index in [1.807, 2.05) is 19.1 Å². The topological polar surface area (TPSA) is 95.7 Å². The molecule has 3 aromatic rings. The van der Waals surface area contributed by atoms with Crippen molar-refractivity contribution < 1.29 is 23.4 Å². The molecule has 27 heavy (non-hydrogen) atoms. The van der Waals surface area contributed by atoms with Gasteiger partial charge in [-0.3, -0.25) is 10.1 Å². The molecule has 0 radical (unpaired) electrons. The lowest BCUT2D eigenvalue weighted by molar-refractivity contribution is 0.102. The van der Waals surface area contributed by atoms with Gasteiger partial charge in [0, 0.05) is 5.56 Å². The van der Waals surface area contributed by atoms with E-state index in [0.717, 1.165) is 5.75 Å². The van der Waals surface area contributed by atoms with Crippen LogP contribution >= 0.6 is 0 Å². The van der Waals surface area contributed by atoms with Gasteiger partial charge in [-0.25, -0.2) is 0 Å². The molecule has 1 heterocycles. The van der Waals surface area contributed by atoms with Crippen molar-refractivity contribution in [2.75, 3.05) is 26.1 Å². The molecule has 0 bridgehead atoms. The van der Waals surface area contributed by atoms with E-state index in [2.05, 4.69) is 15.5 Å². The Hall–Kier alpha value is -3.55. The molecule has 0 atom stereocenters. The molecule has 0 fully saturated rings. The molecule has 1 amide bonds. The van der Waals surface area contributed by atoms with Gasteiger partial charge in [0.1, 0.15) is 5.75 Å². The van der Waals surface area contributed by atoms with E-state index in [1.165, 1.54) is 14.2 Å². The van der Waals surface area contributed by atoms with E-state index < -0.39 is 5.91 Å². The molecule has 1 aromatic heterocycles. The zero-order valence-electron chi connectivity index (χ0n) is 15.2. The number of aromatic nitrogens is 2. The molecule has 0 aliphatic rings. The number of methoxy groups -OCH3 is 2. The minimum absolute atomic E-state index is 0.0197. The standard InChI is InChI=1S/C19H19N3O5/c1-4-26-13-10-8-12(9-11-13)18-21-22-19(27-18)20-17(23)14-6-5-7-15(24-2)16(14)25-3/h5-11H,4H2,1-3H3,(H,20,22,23). The number of hydrogen-bond acceptors (Lipinski definition) is 7. The summed E-state index contributed by atoms with van der Waals surface area (Å²) in [4.78, 5) is 12.5. The third-order valence-electron chi connectivity index (χ3n) is 3.71. The maximum absolute atomic E-state index is 12.5. The highest BCUT2D eigenvalue weighted by Gasteiger charge is 2.19.